The molecule has 1 aromatic carbocycles. The zero-order valence-corrected chi connectivity index (χ0v) is 8.94. The number of alkyl halides is 3. The number of rotatable bonds is 1. The number of hydrogen-bond donors (Lipinski definition) is 1. The fourth-order valence-corrected chi connectivity index (χ4v) is 1.53. The van der Waals surface area contributed by atoms with Crippen molar-refractivity contribution in [2.45, 2.75) is 6.18 Å². The van der Waals surface area contributed by atoms with E-state index in [0.29, 0.717) is 0 Å². The van der Waals surface area contributed by atoms with Crippen LogP contribution >= 0.6 is 0 Å². The minimum Gasteiger partial charge on any atom is -0.382 e. The van der Waals surface area contributed by atoms with Crippen molar-refractivity contribution in [3.05, 3.63) is 41.6 Å². The first-order valence-electron chi connectivity index (χ1n) is 4.85. The van der Waals surface area contributed by atoms with E-state index in [1.165, 1.54) is 18.2 Å². The molecule has 0 bridgehead atoms. The van der Waals surface area contributed by atoms with Crippen LogP contribution in [0.15, 0.2) is 30.5 Å². The molecule has 2 N–H and O–H groups in total. The van der Waals surface area contributed by atoms with Gasteiger partial charge in [-0.2, -0.15) is 23.5 Å². The Kier molecular flexibility index (Phi) is 2.71. The highest BCUT2D eigenvalue weighted by molar-refractivity contribution is 5.55. The molecule has 2 aromatic rings. The van der Waals surface area contributed by atoms with Gasteiger partial charge in [0.25, 0.3) is 0 Å². The van der Waals surface area contributed by atoms with Gasteiger partial charge in [0.15, 0.2) is 0 Å². The van der Waals surface area contributed by atoms with Gasteiger partial charge in [-0.05, 0) is 12.1 Å². The molecule has 0 aliphatic rings. The third-order valence-electron chi connectivity index (χ3n) is 2.36. The molecule has 0 fully saturated rings. The summed E-state index contributed by atoms with van der Waals surface area (Å²) >= 11 is 0. The smallest absolute Gasteiger partial charge is 0.382 e. The van der Waals surface area contributed by atoms with Crippen LogP contribution in [0.2, 0.25) is 0 Å². The monoisotopic (exact) mass is 252 g/mol. The van der Waals surface area contributed by atoms with Crippen LogP contribution in [0.4, 0.5) is 19.0 Å². The summed E-state index contributed by atoms with van der Waals surface area (Å²) in [6, 6.07) is 6.65. The third-order valence-corrected chi connectivity index (χ3v) is 2.36. The van der Waals surface area contributed by atoms with E-state index >= 15 is 0 Å². The predicted octanol–water partition coefficient (Wildman–Crippen LogP) is 2.34. The van der Waals surface area contributed by atoms with E-state index in [0.717, 1.165) is 16.9 Å². The molecule has 1 heterocycles. The first kappa shape index (κ1) is 12.0. The molecule has 0 aliphatic carbocycles. The molecule has 1 aromatic heterocycles. The molecule has 0 atom stereocenters. The number of anilines is 1. The Bertz CT molecular complexity index is 622. The summed E-state index contributed by atoms with van der Waals surface area (Å²) in [7, 11) is 0. The highest BCUT2D eigenvalue weighted by Gasteiger charge is 2.34. The van der Waals surface area contributed by atoms with Crippen LogP contribution in [0.1, 0.15) is 11.1 Å². The maximum Gasteiger partial charge on any atom is 0.418 e. The maximum absolute atomic E-state index is 12.8. The molecule has 0 unspecified atom stereocenters. The lowest BCUT2D eigenvalue weighted by Crippen LogP contribution is -2.12. The summed E-state index contributed by atoms with van der Waals surface area (Å²) in [6.45, 7) is 0. The van der Waals surface area contributed by atoms with Gasteiger partial charge >= 0.3 is 6.18 Å². The molecule has 0 saturated heterocycles. The Morgan fingerprint density at radius 3 is 2.50 bits per heavy atom. The number of nitrogen functional groups attached to an aromatic ring is 1. The molecule has 7 heteroatoms. The molecule has 2 rings (SSSR count). The number of nitrogens with zero attached hydrogens (tertiary/aromatic N) is 3. The second kappa shape index (κ2) is 4.07. The standard InChI is InChI=1S/C11H7F3N4/c12-11(13,14)8-3-1-2-4-9(8)18-10(16)7(5-15)6-17-18/h1-4,6H,16H2. The minimum atomic E-state index is -4.51. The molecule has 92 valence electrons. The molecule has 4 nitrogen and oxygen atoms in total. The number of halogens is 3. The molecule has 18 heavy (non-hydrogen) atoms. The molecule has 0 radical (unpaired) electrons. The van der Waals surface area contributed by atoms with Crippen molar-refractivity contribution < 1.29 is 13.2 Å². The van der Waals surface area contributed by atoms with Gasteiger partial charge in [0.05, 0.1) is 17.4 Å². The second-order valence-corrected chi connectivity index (χ2v) is 3.48. The van der Waals surface area contributed by atoms with Crippen LogP contribution in [-0.2, 0) is 6.18 Å². The van der Waals surface area contributed by atoms with Crippen molar-refractivity contribution in [3.8, 4) is 11.8 Å². The number of para-hydroxylation sites is 1. The van der Waals surface area contributed by atoms with Gasteiger partial charge in [0.1, 0.15) is 17.5 Å². The average molecular weight is 252 g/mol. The molecular formula is C11H7F3N4. The zero-order valence-electron chi connectivity index (χ0n) is 8.94. The largest absolute Gasteiger partial charge is 0.418 e. The maximum atomic E-state index is 12.8. The first-order chi connectivity index (χ1) is 8.45. The fraction of sp³-hybridized carbons (Fsp3) is 0.0909. The molecular weight excluding hydrogens is 245 g/mol. The highest BCUT2D eigenvalue weighted by atomic mass is 19.4. The van der Waals surface area contributed by atoms with E-state index in [4.69, 9.17) is 11.0 Å². The molecule has 0 amide bonds. The molecule has 0 saturated carbocycles. The van der Waals surface area contributed by atoms with Gasteiger partial charge in [0.2, 0.25) is 0 Å². The van der Waals surface area contributed by atoms with Crippen LogP contribution in [0.25, 0.3) is 5.69 Å². The van der Waals surface area contributed by atoms with E-state index < -0.39 is 11.7 Å². The number of aromatic nitrogens is 2. The summed E-state index contributed by atoms with van der Waals surface area (Å²) in [5, 5.41) is 12.4. The van der Waals surface area contributed by atoms with Crippen molar-refractivity contribution in [1.29, 1.82) is 5.26 Å². The van der Waals surface area contributed by atoms with Crippen LogP contribution in [0.5, 0.6) is 0 Å². The van der Waals surface area contributed by atoms with Crippen molar-refractivity contribution in [2.75, 3.05) is 5.73 Å². The van der Waals surface area contributed by atoms with Crippen molar-refractivity contribution >= 4 is 5.82 Å². The summed E-state index contributed by atoms with van der Waals surface area (Å²) in [5.74, 6) is -0.116. The predicted molar refractivity (Wildman–Crippen MR) is 57.7 cm³/mol. The van der Waals surface area contributed by atoms with Crippen LogP contribution in [0, 0.1) is 11.3 Å². The second-order valence-electron chi connectivity index (χ2n) is 3.48. The lowest BCUT2D eigenvalue weighted by atomic mass is 10.1. The van der Waals surface area contributed by atoms with Gasteiger partial charge in [-0.1, -0.05) is 12.1 Å². The SMILES string of the molecule is N#Cc1cnn(-c2ccccc2C(F)(F)F)c1N. The summed E-state index contributed by atoms with van der Waals surface area (Å²) in [5.41, 5.74) is 4.54. The lowest BCUT2D eigenvalue weighted by molar-refractivity contribution is -0.137. The number of nitrogens with two attached hydrogens (primary N) is 1. The number of benzene rings is 1. The van der Waals surface area contributed by atoms with Gasteiger partial charge < -0.3 is 5.73 Å². The Hall–Kier alpha value is -2.49. The summed E-state index contributed by atoms with van der Waals surface area (Å²) < 4.78 is 39.3. The van der Waals surface area contributed by atoms with E-state index in [9.17, 15) is 13.2 Å². The van der Waals surface area contributed by atoms with Crippen LogP contribution in [-0.4, -0.2) is 9.78 Å². The van der Waals surface area contributed by atoms with Gasteiger partial charge in [-0.3, -0.25) is 0 Å². The summed E-state index contributed by atoms with van der Waals surface area (Å²) in [6.07, 6.45) is -3.38. The average Bonchev–Trinajstić information content (AvgIpc) is 2.69. The van der Waals surface area contributed by atoms with E-state index in [-0.39, 0.29) is 17.1 Å². The Morgan fingerprint density at radius 2 is 1.94 bits per heavy atom. The lowest BCUT2D eigenvalue weighted by Gasteiger charge is -2.13. The van der Waals surface area contributed by atoms with Crippen LogP contribution < -0.4 is 5.73 Å². The molecule has 0 aliphatic heterocycles. The first-order valence-corrected chi connectivity index (χ1v) is 4.85. The Balaban J connectivity index is 2.65. The number of nitriles is 1. The van der Waals surface area contributed by atoms with Crippen molar-refractivity contribution in [2.24, 2.45) is 0 Å². The van der Waals surface area contributed by atoms with E-state index in [1.54, 1.807) is 6.07 Å². The van der Waals surface area contributed by atoms with Crippen LogP contribution in [0.3, 0.4) is 0 Å². The topological polar surface area (TPSA) is 67.6 Å². The minimum absolute atomic E-state index is 0.0342. The Morgan fingerprint density at radius 1 is 1.28 bits per heavy atom. The molecule has 0 spiro atoms. The van der Waals surface area contributed by atoms with E-state index in [2.05, 4.69) is 5.10 Å². The quantitative estimate of drug-likeness (QED) is 0.847. The third kappa shape index (κ3) is 1.88. The van der Waals surface area contributed by atoms with Gasteiger partial charge in [0, 0.05) is 0 Å². The van der Waals surface area contributed by atoms with Crippen molar-refractivity contribution in [1.82, 2.24) is 9.78 Å². The van der Waals surface area contributed by atoms with Gasteiger partial charge in [-0.25, -0.2) is 4.68 Å². The van der Waals surface area contributed by atoms with Gasteiger partial charge in [-0.15, -0.1) is 0 Å². The summed E-state index contributed by atoms with van der Waals surface area (Å²) in [4.78, 5) is 0. The van der Waals surface area contributed by atoms with E-state index in [1.807, 2.05) is 0 Å². The van der Waals surface area contributed by atoms with Crippen molar-refractivity contribution in [3.63, 3.8) is 0 Å². The zero-order chi connectivity index (χ0) is 13.3. The fourth-order valence-electron chi connectivity index (χ4n) is 1.53. The number of hydrogen-bond acceptors (Lipinski definition) is 3. The Labute approximate surface area is 100 Å². The normalized spacial score (nSPS) is 11.2. The highest BCUT2D eigenvalue weighted by Crippen LogP contribution is 2.34.